The van der Waals surface area contributed by atoms with Crippen molar-refractivity contribution in [2.45, 2.75) is 93.2 Å². The van der Waals surface area contributed by atoms with Gasteiger partial charge in [-0.25, -0.2) is 18.4 Å². The Morgan fingerprint density at radius 3 is 2.59 bits per heavy atom. The summed E-state index contributed by atoms with van der Waals surface area (Å²) in [6.45, 7) is 1.69. The van der Waals surface area contributed by atoms with Gasteiger partial charge >= 0.3 is 0 Å². The molecule has 2 aliphatic heterocycles. The summed E-state index contributed by atoms with van der Waals surface area (Å²) in [5, 5.41) is 8.33. The van der Waals surface area contributed by atoms with Crippen LogP contribution in [-0.2, 0) is 24.4 Å². The number of anilines is 1. The number of aromatic nitrogens is 2. The minimum absolute atomic E-state index is 0.0748. The molecule has 13 nitrogen and oxygen atoms in total. The number of nitrogens with zero attached hydrogens (tertiary/aromatic N) is 3. The number of carbonyl (C=O) groups excluding carboxylic acids is 3. The van der Waals surface area contributed by atoms with Crippen molar-refractivity contribution in [3.63, 3.8) is 0 Å². The number of methoxy groups -OCH3 is 1. The fourth-order valence-electron chi connectivity index (χ4n) is 7.64. The lowest BCUT2D eigenvalue weighted by Crippen LogP contribution is -2.58. The standard InChI is InChI=1S/C41H46N6O7S2/c1-40(19-20-40)56(51,52)46-39(50)41-24-26(41)12-7-4-3-5-10-15-31(42-27-13-8-6-9-14-27)38(49)47-25-29(23-33(47)36(48)45-41)54-37-35(34-16-11-21-55-34)43-32-22-28(53-2)17-18-30(32)44-37/h6-9,11-14,16-18,21-22,26,29,31,33,42H,3-5,10,15,19-20,23-25H2,1-2H3,(H,45,48)(H,46,50)/b12-7-/t26-,29-,31+,33+,41-/m1/s1. The molecule has 4 heterocycles. The topological polar surface area (TPSA) is 169 Å². The van der Waals surface area contributed by atoms with Crippen LogP contribution in [0.15, 0.2) is 78.2 Å². The zero-order valence-corrected chi connectivity index (χ0v) is 33.0. The lowest BCUT2D eigenvalue weighted by atomic mass is 10.0. The van der Waals surface area contributed by atoms with Crippen LogP contribution in [0.2, 0.25) is 0 Å². The average Bonchev–Trinajstić information content (AvgIpc) is 3.94. The summed E-state index contributed by atoms with van der Waals surface area (Å²) in [6, 6.07) is 17.1. The maximum atomic E-state index is 14.7. The quantitative estimate of drug-likeness (QED) is 0.182. The number of hydrogen-bond donors (Lipinski definition) is 3. The first-order valence-electron chi connectivity index (χ1n) is 19.2. The highest BCUT2D eigenvalue weighted by Gasteiger charge is 2.63. The fourth-order valence-corrected chi connectivity index (χ4v) is 9.66. The van der Waals surface area contributed by atoms with Crippen molar-refractivity contribution in [3.05, 3.63) is 78.2 Å². The van der Waals surface area contributed by atoms with Gasteiger partial charge in [0.2, 0.25) is 27.7 Å². The minimum atomic E-state index is -3.97. The summed E-state index contributed by atoms with van der Waals surface area (Å²) in [5.41, 5.74) is 1.05. The molecule has 56 heavy (non-hydrogen) atoms. The molecular weight excluding hydrogens is 753 g/mol. The Bertz CT molecular complexity index is 2260. The van der Waals surface area contributed by atoms with E-state index < -0.39 is 56.2 Å². The number of benzene rings is 2. The number of para-hydroxylation sites is 1. The van der Waals surface area contributed by atoms with E-state index in [1.807, 2.05) is 60.0 Å². The number of sulfonamides is 1. The molecule has 2 saturated carbocycles. The first-order valence-corrected chi connectivity index (χ1v) is 21.6. The van der Waals surface area contributed by atoms with Crippen molar-refractivity contribution >= 4 is 55.8 Å². The molecule has 3 fully saturated rings. The van der Waals surface area contributed by atoms with Gasteiger partial charge in [-0.2, -0.15) is 0 Å². The van der Waals surface area contributed by atoms with Crippen molar-refractivity contribution < 1.29 is 32.3 Å². The number of hydrogen-bond acceptors (Lipinski definition) is 11. The zero-order chi connectivity index (χ0) is 39.1. The molecular formula is C41H46N6O7S2. The van der Waals surface area contributed by atoms with E-state index in [1.165, 1.54) is 11.3 Å². The van der Waals surface area contributed by atoms with Gasteiger partial charge in [-0.05, 0) is 81.2 Å². The summed E-state index contributed by atoms with van der Waals surface area (Å²) in [7, 11) is -2.38. The zero-order valence-electron chi connectivity index (χ0n) is 31.4. The van der Waals surface area contributed by atoms with E-state index in [0.717, 1.165) is 36.2 Å². The highest BCUT2D eigenvalue weighted by atomic mass is 32.2. The van der Waals surface area contributed by atoms with Crippen LogP contribution in [0.25, 0.3) is 21.6 Å². The number of rotatable bonds is 9. The third-order valence-electron chi connectivity index (χ3n) is 11.5. The Balaban J connectivity index is 1.13. The highest BCUT2D eigenvalue weighted by molar-refractivity contribution is 7.91. The molecule has 294 valence electrons. The number of thiophene rings is 1. The third kappa shape index (κ3) is 7.58. The third-order valence-corrected chi connectivity index (χ3v) is 14.5. The molecule has 4 aliphatic rings. The molecule has 5 atom stereocenters. The number of carbonyl (C=O) groups is 3. The van der Waals surface area contributed by atoms with E-state index in [0.29, 0.717) is 41.7 Å². The van der Waals surface area contributed by atoms with E-state index in [-0.39, 0.29) is 31.2 Å². The summed E-state index contributed by atoms with van der Waals surface area (Å²) in [4.78, 5) is 55.4. The summed E-state index contributed by atoms with van der Waals surface area (Å²) in [5.74, 6) is -1.06. The molecule has 8 rings (SSSR count). The normalized spacial score (nSPS) is 26.8. The van der Waals surface area contributed by atoms with E-state index in [9.17, 15) is 22.8 Å². The molecule has 0 unspecified atom stereocenters. The smallest absolute Gasteiger partial charge is 0.259 e. The van der Waals surface area contributed by atoms with E-state index >= 15 is 0 Å². The molecule has 0 radical (unpaired) electrons. The first-order chi connectivity index (χ1) is 27.0. The van der Waals surface area contributed by atoms with Crippen molar-refractivity contribution in [3.8, 4) is 22.2 Å². The Hall–Kier alpha value is -5.02. The van der Waals surface area contributed by atoms with Gasteiger partial charge in [-0.1, -0.05) is 49.3 Å². The number of amides is 3. The Morgan fingerprint density at radius 2 is 1.84 bits per heavy atom. The second kappa shape index (κ2) is 15.1. The van der Waals surface area contributed by atoms with Gasteiger partial charge < -0.3 is 25.0 Å². The summed E-state index contributed by atoms with van der Waals surface area (Å²) < 4.78 is 39.8. The summed E-state index contributed by atoms with van der Waals surface area (Å²) >= 11 is 1.49. The molecule has 15 heteroatoms. The number of nitrogens with one attached hydrogen (secondary N) is 3. The Kier molecular flexibility index (Phi) is 10.2. The first kappa shape index (κ1) is 37.9. The van der Waals surface area contributed by atoms with Gasteiger partial charge in [0.15, 0.2) is 0 Å². The number of allylic oxidation sites excluding steroid dienone is 1. The van der Waals surface area contributed by atoms with Gasteiger partial charge in [-0.3, -0.25) is 19.1 Å². The molecule has 0 spiro atoms. The molecule has 3 N–H and O–H groups in total. The largest absolute Gasteiger partial charge is 0.497 e. The maximum absolute atomic E-state index is 14.7. The predicted octanol–water partition coefficient (Wildman–Crippen LogP) is 5.59. The van der Waals surface area contributed by atoms with Crippen LogP contribution in [0.5, 0.6) is 11.6 Å². The van der Waals surface area contributed by atoms with E-state index in [2.05, 4.69) is 15.4 Å². The van der Waals surface area contributed by atoms with Crippen LogP contribution in [0.4, 0.5) is 5.69 Å². The predicted molar refractivity (Wildman–Crippen MR) is 214 cm³/mol. The fraction of sp³-hybridized carbons (Fsp3) is 0.439. The van der Waals surface area contributed by atoms with Crippen LogP contribution in [0, 0.1) is 5.92 Å². The van der Waals surface area contributed by atoms with E-state index in [1.54, 1.807) is 37.1 Å². The van der Waals surface area contributed by atoms with Gasteiger partial charge in [0.25, 0.3) is 5.91 Å². The summed E-state index contributed by atoms with van der Waals surface area (Å²) in [6.07, 6.45) is 8.36. The van der Waals surface area contributed by atoms with Crippen LogP contribution >= 0.6 is 11.3 Å². The molecule has 2 aliphatic carbocycles. The molecule has 1 saturated heterocycles. The van der Waals surface area contributed by atoms with Crippen molar-refractivity contribution in [2.75, 3.05) is 19.0 Å². The van der Waals surface area contributed by atoms with Crippen LogP contribution < -0.4 is 24.8 Å². The Labute approximate surface area is 330 Å². The highest BCUT2D eigenvalue weighted by Crippen LogP contribution is 2.47. The molecule has 2 aromatic heterocycles. The van der Waals surface area contributed by atoms with Gasteiger partial charge in [0.05, 0.1) is 34.3 Å². The van der Waals surface area contributed by atoms with Gasteiger partial charge in [0, 0.05) is 24.1 Å². The Morgan fingerprint density at radius 1 is 1.02 bits per heavy atom. The average molecular weight is 799 g/mol. The van der Waals surface area contributed by atoms with Crippen LogP contribution in [-0.4, -0.2) is 83.1 Å². The van der Waals surface area contributed by atoms with Crippen LogP contribution in [0.1, 0.15) is 64.7 Å². The number of ether oxygens (including phenoxy) is 2. The lowest BCUT2D eigenvalue weighted by molar-refractivity contribution is -0.140. The molecule has 2 aromatic carbocycles. The molecule has 4 aromatic rings. The SMILES string of the molecule is COc1ccc2nc(O[C@@H]3C[C@H]4C(=O)N[C@]5(C(=O)NS(=O)(=O)C6(C)CC6)C[C@H]5/C=C\CCCCC[C@H](Nc5ccccc5)C(=O)N4C3)c(-c3cccs3)nc2c1. The van der Waals surface area contributed by atoms with Crippen molar-refractivity contribution in [1.29, 1.82) is 0 Å². The minimum Gasteiger partial charge on any atom is -0.497 e. The van der Waals surface area contributed by atoms with Gasteiger partial charge in [-0.15, -0.1) is 11.3 Å². The molecule has 0 bridgehead atoms. The second-order valence-corrected chi connectivity index (χ2v) is 18.6. The van der Waals surface area contributed by atoms with Crippen molar-refractivity contribution in [1.82, 2.24) is 24.9 Å². The number of fused-ring (bicyclic) bond motifs is 3. The van der Waals surface area contributed by atoms with Crippen molar-refractivity contribution in [2.24, 2.45) is 5.92 Å². The molecule has 3 amide bonds. The maximum Gasteiger partial charge on any atom is 0.259 e. The second-order valence-electron chi connectivity index (χ2n) is 15.5. The van der Waals surface area contributed by atoms with Gasteiger partial charge in [0.1, 0.15) is 35.2 Å². The monoisotopic (exact) mass is 798 g/mol. The van der Waals surface area contributed by atoms with E-state index in [4.69, 9.17) is 19.4 Å². The lowest BCUT2D eigenvalue weighted by Gasteiger charge is -2.30. The van der Waals surface area contributed by atoms with Crippen LogP contribution in [0.3, 0.4) is 0 Å².